The first-order chi connectivity index (χ1) is 15.6. The lowest BCUT2D eigenvalue weighted by atomic mass is 9.84. The van der Waals surface area contributed by atoms with Gasteiger partial charge in [-0.05, 0) is 63.3 Å². The lowest BCUT2D eigenvalue weighted by Gasteiger charge is -2.32. The summed E-state index contributed by atoms with van der Waals surface area (Å²) in [5.74, 6) is 2.00. The van der Waals surface area contributed by atoms with Crippen LogP contribution in [0, 0.1) is 12.8 Å². The molecule has 5 heteroatoms. The highest BCUT2D eigenvalue weighted by molar-refractivity contribution is 5.80. The van der Waals surface area contributed by atoms with Crippen molar-refractivity contribution in [2.24, 2.45) is 5.92 Å². The quantitative estimate of drug-likeness (QED) is 0.453. The Bertz CT molecular complexity index is 1080. The highest BCUT2D eigenvalue weighted by Crippen LogP contribution is 2.38. The van der Waals surface area contributed by atoms with Gasteiger partial charge in [0.1, 0.15) is 5.75 Å². The Morgan fingerprint density at radius 2 is 1.78 bits per heavy atom. The van der Waals surface area contributed by atoms with Crippen molar-refractivity contribution < 1.29 is 9.53 Å². The van der Waals surface area contributed by atoms with Gasteiger partial charge in [0.2, 0.25) is 11.8 Å². The summed E-state index contributed by atoms with van der Waals surface area (Å²) in [4.78, 5) is 15.4. The van der Waals surface area contributed by atoms with Gasteiger partial charge < -0.3 is 9.64 Å². The second-order valence-corrected chi connectivity index (χ2v) is 9.07. The molecule has 1 amide bonds. The number of aryl methyl sites for hydroxylation is 2. The highest BCUT2D eigenvalue weighted by atomic mass is 16.5. The van der Waals surface area contributed by atoms with Gasteiger partial charge >= 0.3 is 0 Å². The van der Waals surface area contributed by atoms with Crippen LogP contribution in [0.25, 0.3) is 5.69 Å². The zero-order valence-electron chi connectivity index (χ0n) is 19.0. The fraction of sp³-hybridized carbons (Fsp3) is 0.407. The zero-order valence-corrected chi connectivity index (χ0v) is 19.0. The maximum atomic E-state index is 13.3. The standard InChI is InChI=1S/C27H31N3O2/c1-3-25-24(18-29(21-14-15-21)26(31)20-8-7-9-20)27(32-23-16-12-19(2)13-17-23)30(28-25)22-10-5-4-6-11-22/h4-6,10-13,16-17,20-21H,3,7-9,14-15,18H2,1-2H3. The van der Waals surface area contributed by atoms with Crippen LogP contribution in [0.4, 0.5) is 0 Å². The van der Waals surface area contributed by atoms with Gasteiger partial charge in [-0.2, -0.15) is 5.10 Å². The second-order valence-electron chi connectivity index (χ2n) is 9.07. The molecule has 2 aliphatic rings. The summed E-state index contributed by atoms with van der Waals surface area (Å²) in [5, 5.41) is 4.94. The number of benzene rings is 2. The number of amides is 1. The third kappa shape index (κ3) is 4.16. The molecule has 0 spiro atoms. The molecule has 0 radical (unpaired) electrons. The van der Waals surface area contributed by atoms with E-state index in [2.05, 4.69) is 30.9 Å². The van der Waals surface area contributed by atoms with Gasteiger partial charge in [0.05, 0.1) is 23.5 Å². The van der Waals surface area contributed by atoms with Crippen LogP contribution in [0.3, 0.4) is 0 Å². The summed E-state index contributed by atoms with van der Waals surface area (Å²) >= 11 is 0. The summed E-state index contributed by atoms with van der Waals surface area (Å²) in [6, 6.07) is 18.5. The molecule has 0 aliphatic heterocycles. The average Bonchev–Trinajstić information content (AvgIpc) is 3.55. The van der Waals surface area contributed by atoms with Crippen molar-refractivity contribution in [3.8, 4) is 17.3 Å². The zero-order chi connectivity index (χ0) is 22.1. The molecule has 2 aliphatic carbocycles. The fourth-order valence-corrected chi connectivity index (χ4v) is 4.32. The van der Waals surface area contributed by atoms with E-state index < -0.39 is 0 Å². The van der Waals surface area contributed by atoms with Crippen LogP contribution in [0.1, 0.15) is 55.8 Å². The van der Waals surface area contributed by atoms with Crippen LogP contribution >= 0.6 is 0 Å². The third-order valence-corrected chi connectivity index (χ3v) is 6.64. The molecular formula is C27H31N3O2. The van der Waals surface area contributed by atoms with Gasteiger partial charge in [-0.1, -0.05) is 49.2 Å². The SMILES string of the molecule is CCc1nn(-c2ccccc2)c(Oc2ccc(C)cc2)c1CN(C(=O)C1CCC1)C1CC1. The molecule has 166 valence electrons. The molecular weight excluding hydrogens is 398 g/mol. The van der Waals surface area contributed by atoms with E-state index in [1.807, 2.05) is 47.1 Å². The fourth-order valence-electron chi connectivity index (χ4n) is 4.32. The minimum atomic E-state index is 0.200. The number of rotatable bonds is 8. The molecule has 0 bridgehead atoms. The first-order valence-corrected chi connectivity index (χ1v) is 11.8. The lowest BCUT2D eigenvalue weighted by Crippen LogP contribution is -2.40. The Labute approximate surface area is 190 Å². The van der Waals surface area contributed by atoms with Gasteiger partial charge in [-0.15, -0.1) is 0 Å². The monoisotopic (exact) mass is 429 g/mol. The Morgan fingerprint density at radius 3 is 2.38 bits per heavy atom. The van der Waals surface area contributed by atoms with E-state index in [-0.39, 0.29) is 5.92 Å². The van der Waals surface area contributed by atoms with Crippen LogP contribution in [0.15, 0.2) is 54.6 Å². The van der Waals surface area contributed by atoms with Crippen molar-refractivity contribution in [1.82, 2.24) is 14.7 Å². The molecule has 32 heavy (non-hydrogen) atoms. The van der Waals surface area contributed by atoms with Crippen LogP contribution < -0.4 is 4.74 Å². The summed E-state index contributed by atoms with van der Waals surface area (Å²) in [7, 11) is 0. The number of carbonyl (C=O) groups excluding carboxylic acids is 1. The molecule has 1 heterocycles. The third-order valence-electron chi connectivity index (χ3n) is 6.64. The Hall–Kier alpha value is -3.08. The Balaban J connectivity index is 1.55. The number of hydrogen-bond donors (Lipinski definition) is 0. The molecule has 0 unspecified atom stereocenters. The average molecular weight is 430 g/mol. The molecule has 3 aromatic rings. The predicted molar refractivity (Wildman–Crippen MR) is 125 cm³/mol. The molecule has 0 N–H and O–H groups in total. The van der Waals surface area contributed by atoms with Gasteiger partial charge in [0, 0.05) is 12.0 Å². The van der Waals surface area contributed by atoms with Crippen LogP contribution in [-0.2, 0) is 17.8 Å². The van der Waals surface area contributed by atoms with E-state index in [1.54, 1.807) is 0 Å². The van der Waals surface area contributed by atoms with Gasteiger partial charge in [0.25, 0.3) is 0 Å². The molecule has 0 atom stereocenters. The van der Waals surface area contributed by atoms with E-state index in [0.717, 1.165) is 54.8 Å². The van der Waals surface area contributed by atoms with E-state index >= 15 is 0 Å². The van der Waals surface area contributed by atoms with Crippen LogP contribution in [-0.4, -0.2) is 26.6 Å². The Kier molecular flexibility index (Phi) is 5.73. The lowest BCUT2D eigenvalue weighted by molar-refractivity contribution is -0.139. The van der Waals surface area contributed by atoms with Crippen molar-refractivity contribution in [2.75, 3.05) is 0 Å². The topological polar surface area (TPSA) is 47.4 Å². The molecule has 5 rings (SSSR count). The minimum absolute atomic E-state index is 0.200. The molecule has 0 saturated heterocycles. The first kappa shape index (κ1) is 20.8. The van der Waals surface area contributed by atoms with Gasteiger partial charge in [0.15, 0.2) is 0 Å². The van der Waals surface area contributed by atoms with Crippen molar-refractivity contribution in [2.45, 2.75) is 65.0 Å². The van der Waals surface area contributed by atoms with Crippen LogP contribution in [0.5, 0.6) is 11.6 Å². The van der Waals surface area contributed by atoms with Crippen LogP contribution in [0.2, 0.25) is 0 Å². The molecule has 2 fully saturated rings. The number of ether oxygens (including phenoxy) is 1. The largest absolute Gasteiger partial charge is 0.439 e. The number of para-hydroxylation sites is 1. The highest BCUT2D eigenvalue weighted by Gasteiger charge is 2.39. The molecule has 2 saturated carbocycles. The summed E-state index contributed by atoms with van der Waals surface area (Å²) in [5.41, 5.74) is 4.16. The number of hydrogen-bond acceptors (Lipinski definition) is 3. The molecule has 1 aromatic heterocycles. The Morgan fingerprint density at radius 1 is 1.06 bits per heavy atom. The predicted octanol–water partition coefficient (Wildman–Crippen LogP) is 5.83. The number of aromatic nitrogens is 2. The normalized spacial score (nSPS) is 15.9. The van der Waals surface area contributed by atoms with E-state index in [9.17, 15) is 4.79 Å². The first-order valence-electron chi connectivity index (χ1n) is 11.8. The van der Waals surface area contributed by atoms with Crippen molar-refractivity contribution in [3.63, 3.8) is 0 Å². The van der Waals surface area contributed by atoms with Gasteiger partial charge in [-0.25, -0.2) is 4.68 Å². The molecule has 5 nitrogen and oxygen atoms in total. The molecule has 2 aromatic carbocycles. The summed E-state index contributed by atoms with van der Waals surface area (Å²) in [6.07, 6.45) is 6.21. The minimum Gasteiger partial charge on any atom is -0.439 e. The maximum Gasteiger partial charge on any atom is 0.227 e. The second kappa shape index (κ2) is 8.81. The number of carbonyl (C=O) groups is 1. The van der Waals surface area contributed by atoms with Gasteiger partial charge in [-0.3, -0.25) is 4.79 Å². The summed E-state index contributed by atoms with van der Waals surface area (Å²) in [6.45, 7) is 4.75. The van der Waals surface area contributed by atoms with E-state index in [1.165, 1.54) is 12.0 Å². The maximum absolute atomic E-state index is 13.3. The van der Waals surface area contributed by atoms with E-state index in [4.69, 9.17) is 9.84 Å². The number of nitrogens with zero attached hydrogens (tertiary/aromatic N) is 3. The summed E-state index contributed by atoms with van der Waals surface area (Å²) < 4.78 is 8.37. The van der Waals surface area contributed by atoms with Crippen molar-refractivity contribution >= 4 is 5.91 Å². The smallest absolute Gasteiger partial charge is 0.227 e. The van der Waals surface area contributed by atoms with Crippen molar-refractivity contribution in [1.29, 1.82) is 0 Å². The van der Waals surface area contributed by atoms with E-state index in [0.29, 0.717) is 24.4 Å². The van der Waals surface area contributed by atoms with Crippen molar-refractivity contribution in [3.05, 3.63) is 71.4 Å².